The Morgan fingerprint density at radius 1 is 1.08 bits per heavy atom. The van der Waals surface area contributed by atoms with Gasteiger partial charge in [0, 0.05) is 23.8 Å². The maximum atomic E-state index is 13.2. The van der Waals surface area contributed by atoms with Gasteiger partial charge in [-0.25, -0.2) is 0 Å². The summed E-state index contributed by atoms with van der Waals surface area (Å²) in [6.45, 7) is -0.0520. The quantitative estimate of drug-likeness (QED) is 0.856. The van der Waals surface area contributed by atoms with Gasteiger partial charge in [-0.15, -0.1) is 0 Å². The van der Waals surface area contributed by atoms with Gasteiger partial charge in [0.1, 0.15) is 0 Å². The fourth-order valence-electron chi connectivity index (χ4n) is 2.66. The molecule has 3 nitrogen and oxygen atoms in total. The molecule has 0 aromatic heterocycles. The predicted octanol–water partition coefficient (Wildman–Crippen LogP) is 4.09. The maximum absolute atomic E-state index is 13.2. The number of anilines is 1. The van der Waals surface area contributed by atoms with Crippen molar-refractivity contribution in [3.63, 3.8) is 0 Å². The van der Waals surface area contributed by atoms with Crippen LogP contribution in [0.3, 0.4) is 0 Å². The second-order valence-corrected chi connectivity index (χ2v) is 5.94. The molecule has 126 valence electrons. The molecule has 1 saturated carbocycles. The van der Waals surface area contributed by atoms with Crippen LogP contribution in [0.5, 0.6) is 0 Å². The molecule has 6 heteroatoms. The Bertz CT molecular complexity index is 737. The minimum atomic E-state index is -4.43. The molecule has 2 aromatic carbocycles. The van der Waals surface area contributed by atoms with Gasteiger partial charge in [0.2, 0.25) is 0 Å². The second-order valence-electron chi connectivity index (χ2n) is 5.94. The normalized spacial score (nSPS) is 14.5. The molecule has 0 unspecified atom stereocenters. The van der Waals surface area contributed by atoms with Gasteiger partial charge < -0.3 is 10.6 Å². The Morgan fingerprint density at radius 3 is 2.29 bits per heavy atom. The van der Waals surface area contributed by atoms with E-state index in [2.05, 4.69) is 0 Å². The topological polar surface area (TPSA) is 46.3 Å². The second kappa shape index (κ2) is 6.19. The van der Waals surface area contributed by atoms with Gasteiger partial charge in [-0.2, -0.15) is 13.2 Å². The smallest absolute Gasteiger partial charge is 0.399 e. The minimum Gasteiger partial charge on any atom is -0.399 e. The molecule has 0 heterocycles. The lowest BCUT2D eigenvalue weighted by Gasteiger charge is -2.24. The first-order chi connectivity index (χ1) is 11.4. The molecule has 2 aromatic rings. The summed E-state index contributed by atoms with van der Waals surface area (Å²) in [6, 6.07) is 11.8. The van der Waals surface area contributed by atoms with Gasteiger partial charge in [0.15, 0.2) is 0 Å². The number of carbonyl (C=O) groups is 1. The summed E-state index contributed by atoms with van der Waals surface area (Å²) in [6.07, 6.45) is -2.81. The highest BCUT2D eigenvalue weighted by molar-refractivity contribution is 5.95. The number of halogens is 3. The van der Waals surface area contributed by atoms with E-state index in [1.807, 2.05) is 0 Å². The molecule has 0 saturated heterocycles. The van der Waals surface area contributed by atoms with Crippen molar-refractivity contribution in [2.24, 2.45) is 0 Å². The van der Waals surface area contributed by atoms with Gasteiger partial charge in [-0.3, -0.25) is 4.79 Å². The third-order valence-corrected chi connectivity index (χ3v) is 4.07. The summed E-state index contributed by atoms with van der Waals surface area (Å²) >= 11 is 0. The third kappa shape index (κ3) is 3.53. The van der Waals surface area contributed by atoms with Crippen molar-refractivity contribution in [1.29, 1.82) is 0 Å². The lowest BCUT2D eigenvalue weighted by molar-refractivity contribution is -0.138. The van der Waals surface area contributed by atoms with Crippen LogP contribution in [-0.2, 0) is 12.7 Å². The Labute approximate surface area is 137 Å². The number of benzene rings is 2. The van der Waals surface area contributed by atoms with E-state index in [1.165, 1.54) is 17.0 Å². The number of hydrogen-bond donors (Lipinski definition) is 1. The third-order valence-electron chi connectivity index (χ3n) is 4.07. The van der Waals surface area contributed by atoms with Crippen LogP contribution in [0, 0.1) is 0 Å². The molecule has 1 amide bonds. The number of nitrogens with two attached hydrogens (primary N) is 1. The lowest BCUT2D eigenvalue weighted by atomic mass is 10.1. The molecule has 1 fully saturated rings. The number of rotatable bonds is 4. The van der Waals surface area contributed by atoms with Crippen molar-refractivity contribution in [1.82, 2.24) is 4.90 Å². The zero-order chi connectivity index (χ0) is 17.3. The summed E-state index contributed by atoms with van der Waals surface area (Å²) in [7, 11) is 0. The number of nitrogen functional groups attached to an aromatic ring is 1. The van der Waals surface area contributed by atoms with Crippen LogP contribution < -0.4 is 5.73 Å². The summed E-state index contributed by atoms with van der Waals surface area (Å²) in [5, 5.41) is 0. The van der Waals surface area contributed by atoms with Crippen LogP contribution in [0.2, 0.25) is 0 Å². The van der Waals surface area contributed by atoms with E-state index in [-0.39, 0.29) is 24.1 Å². The van der Waals surface area contributed by atoms with E-state index < -0.39 is 11.7 Å². The van der Waals surface area contributed by atoms with Gasteiger partial charge >= 0.3 is 6.18 Å². The van der Waals surface area contributed by atoms with Crippen LogP contribution >= 0.6 is 0 Å². The molecule has 1 aliphatic rings. The van der Waals surface area contributed by atoms with Crippen molar-refractivity contribution < 1.29 is 18.0 Å². The van der Waals surface area contributed by atoms with Crippen molar-refractivity contribution >= 4 is 11.6 Å². The van der Waals surface area contributed by atoms with Crippen LogP contribution in [0.4, 0.5) is 18.9 Å². The summed E-state index contributed by atoms with van der Waals surface area (Å²) < 4.78 is 39.5. The standard InChI is InChI=1S/C18H17F3N2O/c19-18(20,21)16-4-2-1-3-13(16)11-23(15-9-10-15)17(24)12-5-7-14(22)8-6-12/h1-8,15H,9-11,22H2. The molecular formula is C18H17F3N2O. The highest BCUT2D eigenvalue weighted by Gasteiger charge is 2.37. The van der Waals surface area contributed by atoms with Crippen LogP contribution in [0.15, 0.2) is 48.5 Å². The van der Waals surface area contributed by atoms with Crippen LogP contribution in [0.1, 0.15) is 34.3 Å². The predicted molar refractivity (Wildman–Crippen MR) is 85.2 cm³/mol. The van der Waals surface area contributed by atoms with Crippen molar-refractivity contribution in [3.05, 3.63) is 65.2 Å². The fraction of sp³-hybridized carbons (Fsp3) is 0.278. The maximum Gasteiger partial charge on any atom is 0.416 e. The molecule has 0 spiro atoms. The zero-order valence-electron chi connectivity index (χ0n) is 12.9. The lowest BCUT2D eigenvalue weighted by Crippen LogP contribution is -2.33. The number of nitrogens with zero attached hydrogens (tertiary/aromatic N) is 1. The Kier molecular flexibility index (Phi) is 4.22. The molecule has 2 N–H and O–H groups in total. The average Bonchev–Trinajstić information content (AvgIpc) is 3.37. The van der Waals surface area contributed by atoms with E-state index in [9.17, 15) is 18.0 Å². The Hall–Kier alpha value is -2.50. The largest absolute Gasteiger partial charge is 0.416 e. The fourth-order valence-corrected chi connectivity index (χ4v) is 2.66. The van der Waals surface area contributed by atoms with Gasteiger partial charge in [0.25, 0.3) is 5.91 Å². The first kappa shape index (κ1) is 16.4. The van der Waals surface area contributed by atoms with Crippen LogP contribution in [0.25, 0.3) is 0 Å². The SMILES string of the molecule is Nc1ccc(C(=O)N(Cc2ccccc2C(F)(F)F)C2CC2)cc1. The van der Waals surface area contributed by atoms with E-state index >= 15 is 0 Å². The molecule has 24 heavy (non-hydrogen) atoms. The summed E-state index contributed by atoms with van der Waals surface area (Å²) in [5.74, 6) is -0.269. The first-order valence-electron chi connectivity index (χ1n) is 7.68. The Balaban J connectivity index is 1.88. The number of carbonyl (C=O) groups excluding carboxylic acids is 1. The van der Waals surface area contributed by atoms with Gasteiger partial charge in [-0.1, -0.05) is 18.2 Å². The van der Waals surface area contributed by atoms with Gasteiger partial charge in [0.05, 0.1) is 5.56 Å². The van der Waals surface area contributed by atoms with Crippen LogP contribution in [-0.4, -0.2) is 16.8 Å². The van der Waals surface area contributed by atoms with Gasteiger partial charge in [-0.05, 0) is 48.7 Å². The Morgan fingerprint density at radius 2 is 1.71 bits per heavy atom. The van der Waals surface area contributed by atoms with E-state index in [4.69, 9.17) is 5.73 Å². The zero-order valence-corrected chi connectivity index (χ0v) is 12.9. The summed E-state index contributed by atoms with van der Waals surface area (Å²) in [5.41, 5.74) is 6.00. The number of hydrogen-bond acceptors (Lipinski definition) is 2. The molecular weight excluding hydrogens is 317 g/mol. The average molecular weight is 334 g/mol. The van der Waals surface area contributed by atoms with Crippen molar-refractivity contribution in [2.45, 2.75) is 31.6 Å². The summed E-state index contributed by atoms with van der Waals surface area (Å²) in [4.78, 5) is 14.2. The number of alkyl halides is 3. The highest BCUT2D eigenvalue weighted by Crippen LogP contribution is 2.35. The number of amides is 1. The molecule has 0 radical (unpaired) electrons. The molecule has 3 rings (SSSR count). The van der Waals surface area contributed by atoms with E-state index in [1.54, 1.807) is 30.3 Å². The molecule has 1 aliphatic carbocycles. The van der Waals surface area contributed by atoms with Crippen molar-refractivity contribution in [2.75, 3.05) is 5.73 Å². The van der Waals surface area contributed by atoms with Crippen molar-refractivity contribution in [3.8, 4) is 0 Å². The van der Waals surface area contributed by atoms with E-state index in [0.29, 0.717) is 11.3 Å². The highest BCUT2D eigenvalue weighted by atomic mass is 19.4. The molecule has 0 aliphatic heterocycles. The molecule has 0 bridgehead atoms. The van der Waals surface area contributed by atoms with E-state index in [0.717, 1.165) is 18.9 Å². The monoisotopic (exact) mass is 334 g/mol. The molecule has 0 atom stereocenters. The minimum absolute atomic E-state index is 0.00339. The first-order valence-corrected chi connectivity index (χ1v) is 7.68.